The van der Waals surface area contributed by atoms with E-state index in [0.29, 0.717) is 6.54 Å². The highest BCUT2D eigenvalue weighted by atomic mass is 79.9. The third-order valence-electron chi connectivity index (χ3n) is 5.10. The second-order valence-electron chi connectivity index (χ2n) is 7.81. The van der Waals surface area contributed by atoms with Crippen LogP contribution in [-0.4, -0.2) is 34.9 Å². The highest BCUT2D eigenvalue weighted by Crippen LogP contribution is 2.25. The summed E-state index contributed by atoms with van der Waals surface area (Å²) in [6.07, 6.45) is 2.17. The number of carboxylic acid groups (broad SMARTS) is 1. The first-order valence-electron chi connectivity index (χ1n) is 9.65. The molecule has 4 rings (SSSR count). The summed E-state index contributed by atoms with van der Waals surface area (Å²) < 4.78 is 4.04. The molecule has 0 unspecified atom stereocenters. The normalized spacial score (nSPS) is 11.6. The fourth-order valence-electron chi connectivity index (χ4n) is 3.71. The molecule has 0 saturated heterocycles. The molecule has 3 heterocycles. The molecule has 0 aliphatic carbocycles. The Hall–Kier alpha value is -3.27. The van der Waals surface area contributed by atoms with Gasteiger partial charge < -0.3 is 5.11 Å². The van der Waals surface area contributed by atoms with Crippen molar-refractivity contribution in [2.24, 2.45) is 13.0 Å². The third-order valence-corrected chi connectivity index (χ3v) is 5.60. The quantitative estimate of drug-likeness (QED) is 0.475. The van der Waals surface area contributed by atoms with E-state index in [1.54, 1.807) is 12.4 Å². The molecule has 160 valence electrons. The molecule has 0 aliphatic heterocycles. The first-order valence-corrected chi connectivity index (χ1v) is 10.4. The Morgan fingerprint density at radius 1 is 1.23 bits per heavy atom. The number of halogens is 1. The lowest BCUT2D eigenvalue weighted by Gasteiger charge is -2.11. The molecule has 31 heavy (non-hydrogen) atoms. The van der Waals surface area contributed by atoms with Crippen molar-refractivity contribution < 1.29 is 9.90 Å². The van der Waals surface area contributed by atoms with E-state index in [4.69, 9.17) is 0 Å². The Kier molecular flexibility index (Phi) is 5.26. The zero-order valence-electron chi connectivity index (χ0n) is 17.2. The van der Waals surface area contributed by atoms with Gasteiger partial charge in [0.05, 0.1) is 0 Å². The monoisotopic (exact) mass is 485 g/mol. The number of carbonyl (C=O) groups is 1. The van der Waals surface area contributed by atoms with Gasteiger partial charge >= 0.3 is 11.8 Å². The lowest BCUT2D eigenvalue weighted by Crippen LogP contribution is -2.39. The van der Waals surface area contributed by atoms with Crippen molar-refractivity contribution >= 4 is 44.0 Å². The fourth-order valence-corrected chi connectivity index (χ4v) is 4.07. The molecule has 0 bridgehead atoms. The van der Waals surface area contributed by atoms with Gasteiger partial charge in [0.1, 0.15) is 5.82 Å². The average Bonchev–Trinajstić information content (AvgIpc) is 3.09. The number of aromatic nitrogens is 5. The van der Waals surface area contributed by atoms with Gasteiger partial charge in [0.2, 0.25) is 0 Å². The summed E-state index contributed by atoms with van der Waals surface area (Å²) in [6.45, 7) is 4.17. The maximum Gasteiger partial charge on any atom is 0.417 e. The Bertz CT molecular complexity index is 1460. The van der Waals surface area contributed by atoms with Crippen LogP contribution < -0.4 is 11.2 Å². The van der Waals surface area contributed by atoms with E-state index >= 15 is 0 Å². The van der Waals surface area contributed by atoms with Gasteiger partial charge in [0, 0.05) is 42.3 Å². The van der Waals surface area contributed by atoms with Gasteiger partial charge in [0.15, 0.2) is 11.2 Å². The van der Waals surface area contributed by atoms with E-state index in [1.165, 1.54) is 11.6 Å². The van der Waals surface area contributed by atoms with Crippen molar-refractivity contribution in [3.05, 3.63) is 67.3 Å². The number of hydrogen-bond donors (Lipinski definition) is 1. The Labute approximate surface area is 184 Å². The number of pyridine rings is 1. The number of rotatable bonds is 4. The van der Waals surface area contributed by atoms with E-state index < -0.39 is 17.3 Å². The molecule has 3 aromatic heterocycles. The smallest absolute Gasteiger partial charge is 0.417 e. The van der Waals surface area contributed by atoms with Crippen molar-refractivity contribution in [2.45, 2.75) is 26.8 Å². The molecule has 0 atom stereocenters. The SMILES string of the molecule is CC(C)Cn1c(=O)n(C)c(=O)c2c1nc(Cc1cncc3ccc(Br)cc13)n2C(=O)O. The van der Waals surface area contributed by atoms with E-state index in [-0.39, 0.29) is 29.3 Å². The largest absolute Gasteiger partial charge is 0.464 e. The van der Waals surface area contributed by atoms with Crippen LogP contribution in [0.3, 0.4) is 0 Å². The van der Waals surface area contributed by atoms with E-state index in [2.05, 4.69) is 25.9 Å². The van der Waals surface area contributed by atoms with Gasteiger partial charge in [-0.25, -0.2) is 19.1 Å². The number of imidazole rings is 1. The number of nitrogens with zero attached hydrogens (tertiary/aromatic N) is 5. The summed E-state index contributed by atoms with van der Waals surface area (Å²) in [4.78, 5) is 46.4. The van der Waals surface area contributed by atoms with Crippen LogP contribution in [0.2, 0.25) is 0 Å². The van der Waals surface area contributed by atoms with Gasteiger partial charge in [-0.2, -0.15) is 0 Å². The van der Waals surface area contributed by atoms with Crippen LogP contribution in [-0.2, 0) is 20.0 Å². The zero-order chi connectivity index (χ0) is 22.4. The van der Waals surface area contributed by atoms with Crippen LogP contribution in [0.25, 0.3) is 21.9 Å². The molecule has 1 aromatic carbocycles. The van der Waals surface area contributed by atoms with Gasteiger partial charge in [0.25, 0.3) is 5.56 Å². The molecule has 0 radical (unpaired) electrons. The number of fused-ring (bicyclic) bond motifs is 2. The van der Waals surface area contributed by atoms with Crippen molar-refractivity contribution in [2.75, 3.05) is 0 Å². The molecule has 0 amide bonds. The molecule has 1 N–H and O–H groups in total. The van der Waals surface area contributed by atoms with Crippen LogP contribution >= 0.6 is 15.9 Å². The number of benzene rings is 1. The van der Waals surface area contributed by atoms with Crippen LogP contribution in [0.5, 0.6) is 0 Å². The second kappa shape index (κ2) is 7.77. The van der Waals surface area contributed by atoms with E-state index in [1.807, 2.05) is 32.0 Å². The van der Waals surface area contributed by atoms with E-state index in [9.17, 15) is 19.5 Å². The summed E-state index contributed by atoms with van der Waals surface area (Å²) in [6, 6.07) is 5.73. The minimum absolute atomic E-state index is 0.0774. The van der Waals surface area contributed by atoms with Crippen LogP contribution in [0, 0.1) is 5.92 Å². The summed E-state index contributed by atoms with van der Waals surface area (Å²) >= 11 is 3.46. The predicted molar refractivity (Wildman–Crippen MR) is 120 cm³/mol. The molecule has 0 spiro atoms. The third kappa shape index (κ3) is 3.56. The Morgan fingerprint density at radius 2 is 1.97 bits per heavy atom. The molecular weight excluding hydrogens is 466 g/mol. The number of hydrogen-bond acceptors (Lipinski definition) is 5. The topological polar surface area (TPSA) is 112 Å². The first-order chi connectivity index (χ1) is 14.7. The van der Waals surface area contributed by atoms with Crippen molar-refractivity contribution in [1.29, 1.82) is 0 Å². The molecule has 9 nitrogen and oxygen atoms in total. The van der Waals surface area contributed by atoms with E-state index in [0.717, 1.165) is 29.9 Å². The summed E-state index contributed by atoms with van der Waals surface area (Å²) in [7, 11) is 1.34. The zero-order valence-corrected chi connectivity index (χ0v) is 18.8. The highest BCUT2D eigenvalue weighted by molar-refractivity contribution is 9.10. The Morgan fingerprint density at radius 3 is 2.65 bits per heavy atom. The Balaban J connectivity index is 2.02. The van der Waals surface area contributed by atoms with Crippen LogP contribution in [0.1, 0.15) is 25.2 Å². The minimum Gasteiger partial charge on any atom is -0.464 e. The second-order valence-corrected chi connectivity index (χ2v) is 8.73. The average molecular weight is 486 g/mol. The van der Waals surface area contributed by atoms with Gasteiger partial charge in [-0.3, -0.25) is 18.9 Å². The predicted octanol–water partition coefficient (Wildman–Crippen LogP) is 2.98. The molecule has 10 heteroatoms. The minimum atomic E-state index is -1.33. The molecule has 0 aliphatic rings. The van der Waals surface area contributed by atoms with Crippen molar-refractivity contribution in [1.82, 2.24) is 23.7 Å². The first kappa shape index (κ1) is 21.0. The summed E-state index contributed by atoms with van der Waals surface area (Å²) in [5.74, 6) is 0.244. The van der Waals surface area contributed by atoms with Gasteiger partial charge in [-0.15, -0.1) is 0 Å². The van der Waals surface area contributed by atoms with Crippen molar-refractivity contribution in [3.63, 3.8) is 0 Å². The van der Waals surface area contributed by atoms with Crippen LogP contribution in [0.15, 0.2) is 44.7 Å². The molecule has 4 aromatic rings. The fraction of sp³-hybridized carbons (Fsp3) is 0.286. The lowest BCUT2D eigenvalue weighted by molar-refractivity contribution is 0.196. The highest BCUT2D eigenvalue weighted by Gasteiger charge is 2.24. The lowest BCUT2D eigenvalue weighted by atomic mass is 10.1. The van der Waals surface area contributed by atoms with Crippen LogP contribution in [0.4, 0.5) is 4.79 Å². The van der Waals surface area contributed by atoms with Gasteiger partial charge in [-0.1, -0.05) is 35.8 Å². The molecule has 0 fully saturated rings. The standard InChI is InChI=1S/C21H20BrN5O4/c1-11(2)10-26-18-17(19(28)25(3)20(26)29)27(21(30)31)16(24-18)6-13-9-23-8-12-4-5-14(22)7-15(12)13/h4-5,7-9,11H,6,10H2,1-3H3,(H,30,31). The maximum absolute atomic E-state index is 12.8. The van der Waals surface area contributed by atoms with Crippen molar-refractivity contribution in [3.8, 4) is 0 Å². The molecular formula is C21H20BrN5O4. The molecule has 0 saturated carbocycles. The maximum atomic E-state index is 12.8. The van der Waals surface area contributed by atoms with Gasteiger partial charge in [-0.05, 0) is 29.0 Å². The summed E-state index contributed by atoms with van der Waals surface area (Å²) in [5.41, 5.74) is -0.511. The summed E-state index contributed by atoms with van der Waals surface area (Å²) in [5, 5.41) is 11.7.